The van der Waals surface area contributed by atoms with Crippen molar-refractivity contribution < 1.29 is 9.18 Å². The van der Waals surface area contributed by atoms with E-state index in [-0.39, 0.29) is 24.1 Å². The number of piperazine rings is 1. The smallest absolute Gasteiger partial charge is 0.255 e. The van der Waals surface area contributed by atoms with Gasteiger partial charge in [-0.05, 0) is 38.1 Å². The number of carbonyl (C=O) groups excluding carboxylic acids is 1. The number of carbonyl (C=O) groups is 1. The average Bonchev–Trinajstić information content (AvgIpc) is 2.91. The summed E-state index contributed by atoms with van der Waals surface area (Å²) >= 11 is 0. The van der Waals surface area contributed by atoms with Gasteiger partial charge in [0.1, 0.15) is 5.82 Å². The number of nitrogens with one attached hydrogen (secondary N) is 2. The van der Waals surface area contributed by atoms with Crippen LogP contribution in [0.1, 0.15) is 21.7 Å². The number of hydrogen-bond acceptors (Lipinski definition) is 4. The normalized spacial score (nSPS) is 14.7. The molecule has 142 valence electrons. The Labute approximate surface area is 159 Å². The number of amides is 1. The lowest BCUT2D eigenvalue weighted by Crippen LogP contribution is -2.46. The zero-order chi connectivity index (χ0) is 17.8. The Bertz CT molecular complexity index is 741. The minimum Gasteiger partial charge on any atom is -0.351 e. The van der Waals surface area contributed by atoms with E-state index in [0.717, 1.165) is 44.1 Å². The minimum absolute atomic E-state index is 0. The Hall–Kier alpha value is -1.96. The Morgan fingerprint density at radius 3 is 2.54 bits per heavy atom. The molecule has 8 heteroatoms. The molecule has 1 aromatic heterocycles. The zero-order valence-corrected chi connectivity index (χ0v) is 15.9. The summed E-state index contributed by atoms with van der Waals surface area (Å²) in [5, 5.41) is 10.7. The van der Waals surface area contributed by atoms with Gasteiger partial charge in [0.2, 0.25) is 0 Å². The van der Waals surface area contributed by atoms with E-state index in [2.05, 4.69) is 20.6 Å². The summed E-state index contributed by atoms with van der Waals surface area (Å²) in [6, 6.07) is 6.08. The Morgan fingerprint density at radius 2 is 1.88 bits per heavy atom. The van der Waals surface area contributed by atoms with E-state index >= 15 is 0 Å². The first-order valence-electron chi connectivity index (χ1n) is 8.59. The van der Waals surface area contributed by atoms with Crippen LogP contribution in [-0.4, -0.2) is 59.9 Å². The zero-order valence-electron chi connectivity index (χ0n) is 15.1. The molecule has 0 atom stereocenters. The summed E-state index contributed by atoms with van der Waals surface area (Å²) in [6.07, 6.45) is 0. The van der Waals surface area contributed by atoms with Crippen molar-refractivity contribution in [3.63, 3.8) is 0 Å². The lowest BCUT2D eigenvalue weighted by atomic mass is 10.2. The summed E-state index contributed by atoms with van der Waals surface area (Å²) in [7, 11) is 0. The van der Waals surface area contributed by atoms with Crippen LogP contribution < -0.4 is 10.6 Å². The molecule has 0 spiro atoms. The summed E-state index contributed by atoms with van der Waals surface area (Å²) in [4.78, 5) is 14.9. The number of rotatable bonds is 5. The van der Waals surface area contributed by atoms with E-state index in [1.165, 1.54) is 12.1 Å². The standard InChI is InChI=1S/C18H24FN5O.ClH/c1-13-17(18(25)21-9-12-23-10-7-20-8-11-23)14(2)24(22-13)16-5-3-15(19)4-6-16;/h3-6,20H,7-12H2,1-2H3,(H,21,25);1H. The maximum absolute atomic E-state index is 13.1. The molecule has 2 aromatic rings. The molecule has 1 amide bonds. The average molecular weight is 382 g/mol. The summed E-state index contributed by atoms with van der Waals surface area (Å²) in [5.74, 6) is -0.408. The number of benzene rings is 1. The minimum atomic E-state index is -0.295. The third kappa shape index (κ3) is 4.60. The quantitative estimate of drug-likeness (QED) is 0.827. The van der Waals surface area contributed by atoms with Gasteiger partial charge in [0.15, 0.2) is 0 Å². The summed E-state index contributed by atoms with van der Waals surface area (Å²) in [6.45, 7) is 9.14. The van der Waals surface area contributed by atoms with Gasteiger partial charge in [-0.3, -0.25) is 9.69 Å². The van der Waals surface area contributed by atoms with E-state index in [1.807, 2.05) is 13.8 Å². The van der Waals surface area contributed by atoms with E-state index in [9.17, 15) is 9.18 Å². The topological polar surface area (TPSA) is 62.2 Å². The fourth-order valence-corrected chi connectivity index (χ4v) is 3.16. The molecule has 2 heterocycles. The van der Waals surface area contributed by atoms with Gasteiger partial charge in [0.05, 0.1) is 22.6 Å². The molecular formula is C18H25ClFN5O. The van der Waals surface area contributed by atoms with Gasteiger partial charge in [-0.1, -0.05) is 0 Å². The Balaban J connectivity index is 0.00000243. The van der Waals surface area contributed by atoms with Crippen molar-refractivity contribution in [2.45, 2.75) is 13.8 Å². The summed E-state index contributed by atoms with van der Waals surface area (Å²) < 4.78 is 14.8. The SMILES string of the molecule is Cc1nn(-c2ccc(F)cc2)c(C)c1C(=O)NCCN1CCNCC1.Cl. The Kier molecular flexibility index (Phi) is 7.14. The number of aryl methyl sites for hydroxylation is 1. The van der Waals surface area contributed by atoms with Gasteiger partial charge in [-0.15, -0.1) is 12.4 Å². The van der Waals surface area contributed by atoms with Crippen molar-refractivity contribution >= 4 is 18.3 Å². The highest BCUT2D eigenvalue weighted by atomic mass is 35.5. The van der Waals surface area contributed by atoms with Crippen molar-refractivity contribution in [1.29, 1.82) is 0 Å². The number of nitrogens with zero attached hydrogens (tertiary/aromatic N) is 3. The fourth-order valence-electron chi connectivity index (χ4n) is 3.16. The van der Waals surface area contributed by atoms with E-state index in [1.54, 1.807) is 16.8 Å². The molecule has 0 aliphatic carbocycles. The molecule has 1 aliphatic rings. The number of halogens is 2. The third-order valence-electron chi connectivity index (χ3n) is 4.51. The molecule has 0 saturated carbocycles. The maximum atomic E-state index is 13.1. The van der Waals surface area contributed by atoms with Crippen molar-refractivity contribution in [1.82, 2.24) is 25.3 Å². The molecule has 2 N–H and O–H groups in total. The largest absolute Gasteiger partial charge is 0.351 e. The molecule has 26 heavy (non-hydrogen) atoms. The second kappa shape index (κ2) is 9.12. The van der Waals surface area contributed by atoms with Crippen molar-refractivity contribution in [2.24, 2.45) is 0 Å². The molecule has 0 bridgehead atoms. The van der Waals surface area contributed by atoms with E-state index < -0.39 is 0 Å². The maximum Gasteiger partial charge on any atom is 0.255 e. The number of aromatic nitrogens is 2. The van der Waals surface area contributed by atoms with Gasteiger partial charge in [0, 0.05) is 39.3 Å². The van der Waals surface area contributed by atoms with Crippen LogP contribution in [0.15, 0.2) is 24.3 Å². The van der Waals surface area contributed by atoms with Crippen molar-refractivity contribution in [3.8, 4) is 5.69 Å². The highest BCUT2D eigenvalue weighted by Gasteiger charge is 2.19. The van der Waals surface area contributed by atoms with Crippen molar-refractivity contribution in [2.75, 3.05) is 39.3 Å². The van der Waals surface area contributed by atoms with Crippen LogP contribution in [0.5, 0.6) is 0 Å². The third-order valence-corrected chi connectivity index (χ3v) is 4.51. The van der Waals surface area contributed by atoms with Gasteiger partial charge in [-0.25, -0.2) is 9.07 Å². The molecule has 1 saturated heterocycles. The van der Waals surface area contributed by atoms with Gasteiger partial charge in [0.25, 0.3) is 5.91 Å². The fraction of sp³-hybridized carbons (Fsp3) is 0.444. The van der Waals surface area contributed by atoms with Gasteiger partial charge in [-0.2, -0.15) is 5.10 Å². The molecule has 1 aliphatic heterocycles. The van der Waals surface area contributed by atoms with Crippen LogP contribution in [0.2, 0.25) is 0 Å². The molecule has 1 aromatic carbocycles. The van der Waals surface area contributed by atoms with Crippen LogP contribution in [0, 0.1) is 19.7 Å². The Morgan fingerprint density at radius 1 is 1.23 bits per heavy atom. The molecule has 0 radical (unpaired) electrons. The first-order valence-corrected chi connectivity index (χ1v) is 8.59. The number of hydrogen-bond donors (Lipinski definition) is 2. The van der Waals surface area contributed by atoms with Crippen LogP contribution in [0.3, 0.4) is 0 Å². The van der Waals surface area contributed by atoms with Gasteiger partial charge < -0.3 is 10.6 Å². The van der Waals surface area contributed by atoms with E-state index in [4.69, 9.17) is 0 Å². The van der Waals surface area contributed by atoms with Crippen LogP contribution in [-0.2, 0) is 0 Å². The lowest BCUT2D eigenvalue weighted by Gasteiger charge is -2.27. The van der Waals surface area contributed by atoms with Crippen LogP contribution in [0.4, 0.5) is 4.39 Å². The molecule has 3 rings (SSSR count). The lowest BCUT2D eigenvalue weighted by molar-refractivity contribution is 0.0946. The predicted molar refractivity (Wildman–Crippen MR) is 102 cm³/mol. The first-order chi connectivity index (χ1) is 12.1. The molecule has 1 fully saturated rings. The van der Waals surface area contributed by atoms with Crippen LogP contribution in [0.25, 0.3) is 5.69 Å². The second-order valence-electron chi connectivity index (χ2n) is 6.28. The molecule has 0 unspecified atom stereocenters. The highest BCUT2D eigenvalue weighted by Crippen LogP contribution is 2.18. The van der Waals surface area contributed by atoms with E-state index in [0.29, 0.717) is 17.8 Å². The van der Waals surface area contributed by atoms with Gasteiger partial charge >= 0.3 is 0 Å². The summed E-state index contributed by atoms with van der Waals surface area (Å²) in [5.41, 5.74) is 2.75. The second-order valence-corrected chi connectivity index (χ2v) is 6.28. The highest BCUT2D eigenvalue weighted by molar-refractivity contribution is 5.96. The first kappa shape index (κ1) is 20.4. The molecular weight excluding hydrogens is 357 g/mol. The monoisotopic (exact) mass is 381 g/mol. The molecule has 6 nitrogen and oxygen atoms in total. The van der Waals surface area contributed by atoms with Crippen LogP contribution >= 0.6 is 12.4 Å². The van der Waals surface area contributed by atoms with Crippen molar-refractivity contribution in [3.05, 3.63) is 47.0 Å². The predicted octanol–water partition coefficient (Wildman–Crippen LogP) is 1.69.